The van der Waals surface area contributed by atoms with Crippen LogP contribution in [-0.2, 0) is 16.1 Å². The van der Waals surface area contributed by atoms with E-state index in [4.69, 9.17) is 32.7 Å². The molecule has 1 aliphatic heterocycles. The third kappa shape index (κ3) is 7.68. The quantitative estimate of drug-likeness (QED) is 0.456. The van der Waals surface area contributed by atoms with E-state index in [1.807, 2.05) is 6.07 Å². The number of anilines is 1. The molecule has 184 valence electrons. The van der Waals surface area contributed by atoms with Gasteiger partial charge in [-0.05, 0) is 38.0 Å². The minimum atomic E-state index is -0.679. The van der Waals surface area contributed by atoms with Gasteiger partial charge in [-0.1, -0.05) is 35.3 Å². The van der Waals surface area contributed by atoms with Crippen LogP contribution in [0.5, 0.6) is 5.75 Å². The molecule has 0 aromatic heterocycles. The van der Waals surface area contributed by atoms with Crippen molar-refractivity contribution in [2.75, 3.05) is 31.6 Å². The normalized spacial score (nSPS) is 15.7. The molecule has 34 heavy (non-hydrogen) atoms. The molecule has 0 bridgehead atoms. The lowest BCUT2D eigenvalue weighted by Gasteiger charge is -2.33. The number of hydrogen-bond donors (Lipinski definition) is 2. The molecule has 1 atom stereocenters. The Morgan fingerprint density at radius 2 is 1.88 bits per heavy atom. The molecule has 1 heterocycles. The highest BCUT2D eigenvalue weighted by Gasteiger charge is 2.23. The molecule has 3 rings (SSSR count). The van der Waals surface area contributed by atoms with Gasteiger partial charge in [0.2, 0.25) is 5.91 Å². The van der Waals surface area contributed by atoms with Gasteiger partial charge in [0.1, 0.15) is 11.9 Å². The summed E-state index contributed by atoms with van der Waals surface area (Å²) in [6.45, 7) is 5.18. The molecular weight excluding hydrogens is 479 g/mol. The molecule has 1 fully saturated rings. The lowest BCUT2D eigenvalue weighted by Crippen LogP contribution is -2.42. The number of ether oxygens (including phenoxy) is 2. The maximum atomic E-state index is 12.0. The van der Waals surface area contributed by atoms with Gasteiger partial charge in [-0.3, -0.25) is 9.59 Å². The van der Waals surface area contributed by atoms with E-state index in [1.165, 1.54) is 13.8 Å². The van der Waals surface area contributed by atoms with Crippen molar-refractivity contribution in [2.24, 2.45) is 0 Å². The second-order valence-electron chi connectivity index (χ2n) is 8.43. The fourth-order valence-corrected chi connectivity index (χ4v) is 4.27. The molecule has 7 nitrogen and oxygen atoms in total. The minimum absolute atomic E-state index is 0.0807. The number of carbonyl (C=O) groups is 2. The molecule has 0 spiro atoms. The number of hydrogen-bond acceptors (Lipinski definition) is 6. The highest BCUT2D eigenvalue weighted by molar-refractivity contribution is 6.42. The zero-order valence-electron chi connectivity index (χ0n) is 19.4. The summed E-state index contributed by atoms with van der Waals surface area (Å²) < 4.78 is 11.7. The van der Waals surface area contributed by atoms with Crippen LogP contribution >= 0.6 is 23.2 Å². The van der Waals surface area contributed by atoms with E-state index in [1.54, 1.807) is 30.3 Å². The lowest BCUT2D eigenvalue weighted by molar-refractivity contribution is -0.114. The van der Waals surface area contributed by atoms with Crippen molar-refractivity contribution in [2.45, 2.75) is 45.5 Å². The second-order valence-corrected chi connectivity index (χ2v) is 9.25. The Hall–Kier alpha value is -2.16. The molecule has 9 heteroatoms. The summed E-state index contributed by atoms with van der Waals surface area (Å²) in [5, 5.41) is 14.2. The van der Waals surface area contributed by atoms with E-state index in [0.29, 0.717) is 39.2 Å². The number of likely N-dealkylation sites (tertiary alicyclic amines) is 1. The van der Waals surface area contributed by atoms with E-state index in [0.717, 1.165) is 25.9 Å². The van der Waals surface area contributed by atoms with Crippen molar-refractivity contribution in [1.29, 1.82) is 0 Å². The number of aliphatic hydroxyl groups is 1. The lowest BCUT2D eigenvalue weighted by atomic mass is 10.0. The number of benzene rings is 2. The molecule has 0 aliphatic carbocycles. The number of β-amino-alcohol motifs (C(OH)–C–C–N with tert-alkyl or cyclic N) is 1. The molecule has 0 radical (unpaired) electrons. The zero-order valence-corrected chi connectivity index (χ0v) is 20.9. The first-order chi connectivity index (χ1) is 16.2. The minimum Gasteiger partial charge on any atom is -0.490 e. The predicted octanol–water partition coefficient (Wildman–Crippen LogP) is 4.58. The average Bonchev–Trinajstić information content (AvgIpc) is 2.78. The van der Waals surface area contributed by atoms with E-state index in [9.17, 15) is 14.7 Å². The SMILES string of the molecule is CC(=O)Nc1cccc(C(C)=O)c1COCC(O)CN1CCC(Oc2ccc(Cl)c(Cl)c2)CC1. The standard InChI is InChI=1S/C25H30Cl2N2O5/c1-16(30)21-4-3-5-25(28-17(2)31)22(21)15-33-14-18(32)13-29-10-8-19(9-11-29)34-20-6-7-23(26)24(27)12-20/h3-7,12,18-19,32H,8-11,13-15H2,1-2H3,(H,28,31). The van der Waals surface area contributed by atoms with Crippen LogP contribution in [0.3, 0.4) is 0 Å². The Balaban J connectivity index is 1.45. The van der Waals surface area contributed by atoms with Crippen molar-refractivity contribution < 1.29 is 24.2 Å². The summed E-state index contributed by atoms with van der Waals surface area (Å²) in [7, 11) is 0. The number of nitrogens with one attached hydrogen (secondary N) is 1. The van der Waals surface area contributed by atoms with E-state index >= 15 is 0 Å². The number of rotatable bonds is 10. The van der Waals surface area contributed by atoms with Gasteiger partial charge in [-0.2, -0.15) is 0 Å². The maximum Gasteiger partial charge on any atom is 0.221 e. The summed E-state index contributed by atoms with van der Waals surface area (Å²) >= 11 is 12.0. The van der Waals surface area contributed by atoms with Crippen LogP contribution in [0.2, 0.25) is 10.0 Å². The third-order valence-electron chi connectivity index (χ3n) is 5.62. The van der Waals surface area contributed by atoms with Crippen molar-refractivity contribution in [3.05, 3.63) is 57.6 Å². The van der Waals surface area contributed by atoms with Gasteiger partial charge in [-0.25, -0.2) is 0 Å². The molecular formula is C25H30Cl2N2O5. The molecule has 1 aliphatic rings. The van der Waals surface area contributed by atoms with Crippen molar-refractivity contribution in [3.8, 4) is 5.75 Å². The van der Waals surface area contributed by atoms with Gasteiger partial charge in [0.05, 0.1) is 29.4 Å². The number of nitrogens with zero attached hydrogens (tertiary/aromatic N) is 1. The Bertz CT molecular complexity index is 1010. The largest absolute Gasteiger partial charge is 0.490 e. The second kappa shape index (κ2) is 12.5. The van der Waals surface area contributed by atoms with Crippen molar-refractivity contribution in [3.63, 3.8) is 0 Å². The molecule has 2 aromatic rings. The fourth-order valence-electron chi connectivity index (χ4n) is 3.98. The van der Waals surface area contributed by atoms with Crippen LogP contribution < -0.4 is 10.1 Å². The molecule has 1 amide bonds. The molecule has 0 saturated carbocycles. The summed E-state index contributed by atoms with van der Waals surface area (Å²) in [5.74, 6) is 0.358. The summed E-state index contributed by atoms with van der Waals surface area (Å²) in [6, 6.07) is 10.4. The average molecular weight is 509 g/mol. The first-order valence-corrected chi connectivity index (χ1v) is 12.0. The summed E-state index contributed by atoms with van der Waals surface area (Å²) in [4.78, 5) is 25.7. The van der Waals surface area contributed by atoms with E-state index in [-0.39, 0.29) is 31.0 Å². The molecule has 2 aromatic carbocycles. The van der Waals surface area contributed by atoms with Crippen LogP contribution in [0.1, 0.15) is 42.6 Å². The van der Waals surface area contributed by atoms with Crippen LogP contribution in [-0.4, -0.2) is 60.1 Å². The van der Waals surface area contributed by atoms with Crippen molar-refractivity contribution >= 4 is 40.6 Å². The zero-order chi connectivity index (χ0) is 24.7. The van der Waals surface area contributed by atoms with Gasteiger partial charge < -0.3 is 24.8 Å². The summed E-state index contributed by atoms with van der Waals surface area (Å²) in [6.07, 6.45) is 1.07. The number of ketones is 1. The first kappa shape index (κ1) is 26.4. The van der Waals surface area contributed by atoms with E-state index in [2.05, 4.69) is 10.2 Å². The van der Waals surface area contributed by atoms with Gasteiger partial charge >= 0.3 is 0 Å². The first-order valence-electron chi connectivity index (χ1n) is 11.2. The predicted molar refractivity (Wildman–Crippen MR) is 133 cm³/mol. The highest BCUT2D eigenvalue weighted by Crippen LogP contribution is 2.28. The molecule has 1 unspecified atom stereocenters. The maximum absolute atomic E-state index is 12.0. The number of halogens is 2. The number of aliphatic hydroxyl groups excluding tert-OH is 1. The summed E-state index contributed by atoms with van der Waals surface area (Å²) in [5.41, 5.74) is 1.64. The molecule has 1 saturated heterocycles. The number of carbonyl (C=O) groups excluding carboxylic acids is 2. The monoisotopic (exact) mass is 508 g/mol. The number of amides is 1. The van der Waals surface area contributed by atoms with Gasteiger partial charge in [0.25, 0.3) is 0 Å². The Morgan fingerprint density at radius 1 is 1.15 bits per heavy atom. The topological polar surface area (TPSA) is 88.1 Å². The van der Waals surface area contributed by atoms with Gasteiger partial charge in [0.15, 0.2) is 5.78 Å². The fraction of sp³-hybridized carbons (Fsp3) is 0.440. The third-order valence-corrected chi connectivity index (χ3v) is 6.36. The Kier molecular flexibility index (Phi) is 9.74. The Morgan fingerprint density at radius 3 is 2.53 bits per heavy atom. The molecule has 2 N–H and O–H groups in total. The van der Waals surface area contributed by atoms with Crippen LogP contribution in [0.25, 0.3) is 0 Å². The van der Waals surface area contributed by atoms with Gasteiger partial charge in [0, 0.05) is 49.4 Å². The van der Waals surface area contributed by atoms with Gasteiger partial charge in [-0.15, -0.1) is 0 Å². The Labute approximate surface area is 209 Å². The van der Waals surface area contributed by atoms with Crippen LogP contribution in [0, 0.1) is 0 Å². The number of Topliss-reactive ketones (excluding diaryl/α,β-unsaturated/α-hetero) is 1. The van der Waals surface area contributed by atoms with Crippen LogP contribution in [0.15, 0.2) is 36.4 Å². The van der Waals surface area contributed by atoms with Crippen molar-refractivity contribution in [1.82, 2.24) is 4.90 Å². The van der Waals surface area contributed by atoms with Crippen LogP contribution in [0.4, 0.5) is 5.69 Å². The number of piperidine rings is 1. The smallest absolute Gasteiger partial charge is 0.221 e. The van der Waals surface area contributed by atoms with E-state index < -0.39 is 6.10 Å². The highest BCUT2D eigenvalue weighted by atomic mass is 35.5.